The Morgan fingerprint density at radius 1 is 0.583 bits per heavy atom. The van der Waals surface area contributed by atoms with E-state index < -0.39 is 0 Å². The summed E-state index contributed by atoms with van der Waals surface area (Å²) in [6, 6.07) is 12.0. The van der Waals surface area contributed by atoms with Gasteiger partial charge in [0.1, 0.15) is 0 Å². The summed E-state index contributed by atoms with van der Waals surface area (Å²) in [5, 5.41) is 0. The second-order valence-electron chi connectivity index (χ2n) is 2.25. The molecule has 0 N–H and O–H groups in total. The van der Waals surface area contributed by atoms with Gasteiger partial charge in [-0.05, 0) is 6.42 Å². The predicted molar refractivity (Wildman–Crippen MR) is 56.1 cm³/mol. The van der Waals surface area contributed by atoms with E-state index in [1.165, 1.54) is 0 Å². The summed E-state index contributed by atoms with van der Waals surface area (Å²) in [6.07, 6.45) is 9.50. The number of hydrogen-bond acceptors (Lipinski definition) is 0. The molecule has 0 saturated heterocycles. The Morgan fingerprint density at radius 3 is 1.08 bits per heavy atom. The molecule has 0 atom stereocenters. The Kier molecular flexibility index (Phi) is 6.96. The average Bonchev–Trinajstić information content (AvgIpc) is 2.64. The van der Waals surface area contributed by atoms with Crippen molar-refractivity contribution in [3.8, 4) is 0 Å². The van der Waals surface area contributed by atoms with E-state index >= 15 is 0 Å². The summed E-state index contributed by atoms with van der Waals surface area (Å²) in [6.45, 7) is 0. The molecular weight excluding hydrogens is 144 g/mol. The molecule has 0 aromatic heterocycles. The van der Waals surface area contributed by atoms with Crippen molar-refractivity contribution in [3.05, 3.63) is 60.7 Å². The normalized spacial score (nSPS) is 11.3. The van der Waals surface area contributed by atoms with E-state index in [9.17, 15) is 0 Å². The van der Waals surface area contributed by atoms with Crippen LogP contribution in [0.4, 0.5) is 0 Å². The Morgan fingerprint density at radius 2 is 0.917 bits per heavy atom. The quantitative estimate of drug-likeness (QED) is 0.541. The second kappa shape index (κ2) is 7.80. The molecule has 12 heavy (non-hydrogen) atoms. The highest BCUT2D eigenvalue weighted by Gasteiger charge is 1.72. The zero-order valence-corrected chi connectivity index (χ0v) is 6.48. The molecule has 0 fully saturated rings. The van der Waals surface area contributed by atoms with Crippen molar-refractivity contribution >= 4 is 0 Å². The first-order valence-corrected chi connectivity index (χ1v) is 3.82. The fourth-order valence-corrected chi connectivity index (χ4v) is 0.778. The molecule has 2 rings (SSSR count). The van der Waals surface area contributed by atoms with Gasteiger partial charge in [-0.1, -0.05) is 68.1 Å². The van der Waals surface area contributed by atoms with Crippen molar-refractivity contribution in [2.45, 2.75) is 13.8 Å². The van der Waals surface area contributed by atoms with E-state index in [1.807, 2.05) is 36.4 Å². The summed E-state index contributed by atoms with van der Waals surface area (Å²) in [5.74, 6) is 0. The smallest absolute Gasteiger partial charge is 0.0163 e. The lowest BCUT2D eigenvalue weighted by molar-refractivity contribution is 1.45. The minimum absolute atomic E-state index is 0. The van der Waals surface area contributed by atoms with Crippen LogP contribution in [0, 0.1) is 0 Å². The van der Waals surface area contributed by atoms with Crippen LogP contribution in [0.1, 0.15) is 13.8 Å². The molecule has 0 saturated carbocycles. The minimum atomic E-state index is 0. The van der Waals surface area contributed by atoms with Gasteiger partial charge in [-0.2, -0.15) is 0 Å². The Labute approximate surface area is 75.2 Å². The molecule has 64 valence electrons. The van der Waals surface area contributed by atoms with Crippen LogP contribution in [0.25, 0.3) is 0 Å². The van der Waals surface area contributed by atoms with Gasteiger partial charge in [0.15, 0.2) is 0 Å². The van der Waals surface area contributed by atoms with Crippen LogP contribution in [-0.4, -0.2) is 0 Å². The van der Waals surface area contributed by atoms with Crippen molar-refractivity contribution < 1.29 is 0 Å². The fourth-order valence-electron chi connectivity index (χ4n) is 0.778. The van der Waals surface area contributed by atoms with Gasteiger partial charge in [0.2, 0.25) is 0 Å². The second-order valence-corrected chi connectivity index (χ2v) is 2.25. The van der Waals surface area contributed by atoms with Crippen molar-refractivity contribution in [1.82, 2.24) is 0 Å². The molecule has 0 heteroatoms. The summed E-state index contributed by atoms with van der Waals surface area (Å²) in [5.41, 5.74) is 0. The van der Waals surface area contributed by atoms with Gasteiger partial charge < -0.3 is 0 Å². The lowest BCUT2D eigenvalue weighted by atomic mass is 10.4. The molecule has 0 spiro atoms. The van der Waals surface area contributed by atoms with E-state index in [-0.39, 0.29) is 7.43 Å². The van der Waals surface area contributed by atoms with Crippen LogP contribution in [0.3, 0.4) is 0 Å². The zero-order valence-electron chi connectivity index (χ0n) is 6.48. The van der Waals surface area contributed by atoms with Gasteiger partial charge >= 0.3 is 0 Å². The Hall–Kier alpha value is -1.30. The van der Waals surface area contributed by atoms with Crippen LogP contribution in [0.15, 0.2) is 60.7 Å². The SMILES string of the molecule is C.C1=CCC=C1.c1ccccc1. The highest BCUT2D eigenvalue weighted by atomic mass is 13.8. The Balaban J connectivity index is 0.000000189. The Bertz CT molecular complexity index is 182. The van der Waals surface area contributed by atoms with E-state index in [2.05, 4.69) is 24.3 Å². The lowest BCUT2D eigenvalue weighted by Crippen LogP contribution is -1.47. The summed E-state index contributed by atoms with van der Waals surface area (Å²) in [7, 11) is 0. The average molecular weight is 160 g/mol. The third-order valence-electron chi connectivity index (χ3n) is 1.32. The predicted octanol–water partition coefficient (Wildman–Crippen LogP) is 3.83. The van der Waals surface area contributed by atoms with E-state index in [0.29, 0.717) is 0 Å². The summed E-state index contributed by atoms with van der Waals surface area (Å²) in [4.78, 5) is 0. The fraction of sp³-hybridized carbons (Fsp3) is 0.167. The maximum absolute atomic E-state index is 2.12. The van der Waals surface area contributed by atoms with Gasteiger partial charge in [-0.25, -0.2) is 0 Å². The summed E-state index contributed by atoms with van der Waals surface area (Å²) < 4.78 is 0. The van der Waals surface area contributed by atoms with Crippen LogP contribution >= 0.6 is 0 Å². The topological polar surface area (TPSA) is 0 Å². The molecule has 0 nitrogen and oxygen atoms in total. The summed E-state index contributed by atoms with van der Waals surface area (Å²) >= 11 is 0. The van der Waals surface area contributed by atoms with E-state index in [0.717, 1.165) is 6.42 Å². The number of rotatable bonds is 0. The molecule has 0 aliphatic heterocycles. The molecule has 0 amide bonds. The molecule has 1 aliphatic rings. The van der Waals surface area contributed by atoms with Crippen molar-refractivity contribution in [2.24, 2.45) is 0 Å². The first-order valence-electron chi connectivity index (χ1n) is 3.82. The first-order chi connectivity index (χ1) is 5.50. The van der Waals surface area contributed by atoms with Crippen molar-refractivity contribution in [2.75, 3.05) is 0 Å². The standard InChI is InChI=1S/C6H6.C5H6.CH4/c1-2-4-6-5-3-1;1-2-4-5-3-1;/h1-6H;1-4H,5H2;1H4. The van der Waals surface area contributed by atoms with Crippen LogP contribution in [-0.2, 0) is 0 Å². The molecule has 0 unspecified atom stereocenters. The molecule has 0 heterocycles. The third kappa shape index (κ3) is 5.48. The van der Waals surface area contributed by atoms with Crippen molar-refractivity contribution in [3.63, 3.8) is 0 Å². The van der Waals surface area contributed by atoms with Crippen LogP contribution in [0.2, 0.25) is 0 Å². The number of allylic oxidation sites excluding steroid dienone is 4. The van der Waals surface area contributed by atoms with Crippen LogP contribution in [0.5, 0.6) is 0 Å². The highest BCUT2D eigenvalue weighted by Crippen LogP contribution is 1.93. The van der Waals surface area contributed by atoms with Crippen molar-refractivity contribution in [1.29, 1.82) is 0 Å². The zero-order chi connectivity index (χ0) is 7.78. The molecular formula is C12H16. The van der Waals surface area contributed by atoms with Gasteiger partial charge in [0.25, 0.3) is 0 Å². The third-order valence-corrected chi connectivity index (χ3v) is 1.32. The van der Waals surface area contributed by atoms with Crippen LogP contribution < -0.4 is 0 Å². The maximum Gasteiger partial charge on any atom is -0.0163 e. The first kappa shape index (κ1) is 10.7. The minimum Gasteiger partial charge on any atom is -0.0808 e. The largest absolute Gasteiger partial charge is 0.0808 e. The van der Waals surface area contributed by atoms with E-state index in [4.69, 9.17) is 0 Å². The number of hydrogen-bond donors (Lipinski definition) is 0. The van der Waals surface area contributed by atoms with E-state index in [1.54, 1.807) is 0 Å². The molecule has 1 aromatic carbocycles. The van der Waals surface area contributed by atoms with Gasteiger partial charge in [-0.3, -0.25) is 0 Å². The van der Waals surface area contributed by atoms with Gasteiger partial charge in [-0.15, -0.1) is 0 Å². The monoisotopic (exact) mass is 160 g/mol. The molecule has 1 aliphatic carbocycles. The van der Waals surface area contributed by atoms with Gasteiger partial charge in [0.05, 0.1) is 0 Å². The maximum atomic E-state index is 2.12. The van der Waals surface area contributed by atoms with Gasteiger partial charge in [0, 0.05) is 0 Å². The molecule has 0 bridgehead atoms. The number of benzene rings is 1. The lowest BCUT2D eigenvalue weighted by Gasteiger charge is -1.69. The highest BCUT2D eigenvalue weighted by molar-refractivity contribution is 5.12. The molecule has 0 radical (unpaired) electrons. The molecule has 1 aromatic rings.